The van der Waals surface area contributed by atoms with Crippen molar-refractivity contribution in [3.8, 4) is 5.75 Å². The number of aliphatic hydroxyl groups excluding tert-OH is 1. The minimum absolute atomic E-state index is 0.0325. The number of carbonyl (C=O) groups excluding carboxylic acids is 2. The molecule has 162 valence electrons. The average Bonchev–Trinajstić information content (AvgIpc) is 3.09. The summed E-state index contributed by atoms with van der Waals surface area (Å²) in [5.41, 5.74) is 2.26. The number of ether oxygens (including phenoxy) is 1. The van der Waals surface area contributed by atoms with Crippen molar-refractivity contribution in [2.24, 2.45) is 0 Å². The summed E-state index contributed by atoms with van der Waals surface area (Å²) in [6, 6.07) is 18.5. The van der Waals surface area contributed by atoms with E-state index in [9.17, 15) is 14.7 Å². The van der Waals surface area contributed by atoms with Gasteiger partial charge in [-0.1, -0.05) is 18.2 Å². The van der Waals surface area contributed by atoms with Gasteiger partial charge in [0.25, 0.3) is 11.7 Å². The topological polar surface area (TPSA) is 83.0 Å². The highest BCUT2D eigenvalue weighted by Crippen LogP contribution is 2.42. The molecule has 7 nitrogen and oxygen atoms in total. The fourth-order valence-electron chi connectivity index (χ4n) is 3.81. The quantitative estimate of drug-likeness (QED) is 0.378. The Labute approximate surface area is 186 Å². The zero-order valence-electron chi connectivity index (χ0n) is 18.0. The lowest BCUT2D eigenvalue weighted by molar-refractivity contribution is -0.132. The number of methoxy groups -OCH3 is 1. The molecule has 1 aromatic heterocycles. The number of carbonyl (C=O) groups is 2. The number of hydrogen-bond donors (Lipinski definition) is 1. The molecule has 32 heavy (non-hydrogen) atoms. The second kappa shape index (κ2) is 8.55. The van der Waals surface area contributed by atoms with Gasteiger partial charge in [0.2, 0.25) is 0 Å². The molecular weight excluding hydrogens is 406 g/mol. The summed E-state index contributed by atoms with van der Waals surface area (Å²) in [6.07, 6.45) is 1.59. The van der Waals surface area contributed by atoms with Crippen LogP contribution in [0.15, 0.2) is 78.5 Å². The number of amides is 1. The highest BCUT2D eigenvalue weighted by atomic mass is 16.5. The second-order valence-corrected chi connectivity index (χ2v) is 7.53. The van der Waals surface area contributed by atoms with Gasteiger partial charge < -0.3 is 14.7 Å². The van der Waals surface area contributed by atoms with Crippen LogP contribution < -0.4 is 14.5 Å². The van der Waals surface area contributed by atoms with Gasteiger partial charge in [0.1, 0.15) is 17.6 Å². The lowest BCUT2D eigenvalue weighted by Gasteiger charge is -2.25. The number of ketones is 1. The Bertz CT molecular complexity index is 1190. The Balaban J connectivity index is 1.92. The monoisotopic (exact) mass is 429 g/mol. The molecule has 0 aliphatic carbocycles. The van der Waals surface area contributed by atoms with Crippen molar-refractivity contribution in [1.82, 2.24) is 4.98 Å². The maximum absolute atomic E-state index is 13.2. The van der Waals surface area contributed by atoms with Crippen LogP contribution in [0.5, 0.6) is 5.75 Å². The molecule has 3 aromatic rings. The molecule has 1 fully saturated rings. The lowest BCUT2D eigenvalue weighted by Crippen LogP contribution is -2.29. The van der Waals surface area contributed by atoms with Crippen LogP contribution in [-0.2, 0) is 9.59 Å². The molecule has 0 spiro atoms. The predicted molar refractivity (Wildman–Crippen MR) is 123 cm³/mol. The summed E-state index contributed by atoms with van der Waals surface area (Å²) in [5, 5.41) is 11.2. The maximum atomic E-state index is 13.2. The first kappa shape index (κ1) is 21.1. The molecule has 2 heterocycles. The van der Waals surface area contributed by atoms with E-state index in [1.807, 2.05) is 31.1 Å². The molecule has 7 heteroatoms. The maximum Gasteiger partial charge on any atom is 0.300 e. The van der Waals surface area contributed by atoms with Crippen molar-refractivity contribution >= 4 is 28.8 Å². The zero-order chi connectivity index (χ0) is 22.8. The van der Waals surface area contributed by atoms with E-state index >= 15 is 0 Å². The fraction of sp³-hybridized carbons (Fsp3) is 0.160. The van der Waals surface area contributed by atoms with Crippen LogP contribution in [-0.4, -0.2) is 43.0 Å². The minimum atomic E-state index is -0.883. The average molecular weight is 429 g/mol. The van der Waals surface area contributed by atoms with E-state index in [2.05, 4.69) is 4.98 Å². The van der Waals surface area contributed by atoms with Gasteiger partial charge in [0.15, 0.2) is 0 Å². The van der Waals surface area contributed by atoms with Crippen LogP contribution >= 0.6 is 0 Å². The van der Waals surface area contributed by atoms with Crippen molar-refractivity contribution in [2.75, 3.05) is 31.0 Å². The molecule has 1 amide bonds. The molecule has 1 aliphatic heterocycles. The number of benzene rings is 2. The molecule has 1 unspecified atom stereocenters. The van der Waals surface area contributed by atoms with Crippen molar-refractivity contribution in [2.45, 2.75) is 6.04 Å². The zero-order valence-corrected chi connectivity index (χ0v) is 18.0. The van der Waals surface area contributed by atoms with E-state index < -0.39 is 17.7 Å². The lowest BCUT2D eigenvalue weighted by atomic mass is 9.97. The molecule has 4 rings (SSSR count). The molecular formula is C25H23N3O4. The number of nitrogens with zero attached hydrogens (tertiary/aromatic N) is 3. The highest BCUT2D eigenvalue weighted by Gasteiger charge is 2.47. The van der Waals surface area contributed by atoms with E-state index in [-0.39, 0.29) is 11.3 Å². The van der Waals surface area contributed by atoms with E-state index in [0.717, 1.165) is 5.69 Å². The van der Waals surface area contributed by atoms with Crippen molar-refractivity contribution in [1.29, 1.82) is 0 Å². The highest BCUT2D eigenvalue weighted by molar-refractivity contribution is 6.51. The standard InChI is InChI=1S/C25H23N3O4/c1-27(2)16-11-13-17(14-12-16)28-22(19-9-6-7-15-26-19)21(24(30)25(28)31)23(29)18-8-4-5-10-20(18)32-3/h4-15,22,29H,1-3H3/b23-21-. The third kappa shape index (κ3) is 3.58. The number of pyridine rings is 1. The van der Waals surface area contributed by atoms with Gasteiger partial charge in [-0.2, -0.15) is 0 Å². The number of para-hydroxylation sites is 1. The van der Waals surface area contributed by atoms with Crippen molar-refractivity contribution in [3.63, 3.8) is 0 Å². The number of hydrogen-bond acceptors (Lipinski definition) is 6. The number of anilines is 2. The largest absolute Gasteiger partial charge is 0.507 e. The van der Waals surface area contributed by atoms with Crippen LogP contribution in [0.3, 0.4) is 0 Å². The van der Waals surface area contributed by atoms with E-state index in [4.69, 9.17) is 4.74 Å². The summed E-state index contributed by atoms with van der Waals surface area (Å²) in [5.74, 6) is -1.41. The van der Waals surface area contributed by atoms with Crippen LogP contribution in [0.1, 0.15) is 17.3 Å². The van der Waals surface area contributed by atoms with Crippen molar-refractivity contribution < 1.29 is 19.4 Å². The molecule has 0 radical (unpaired) electrons. The van der Waals surface area contributed by atoms with Gasteiger partial charge in [-0.25, -0.2) is 0 Å². The first-order valence-corrected chi connectivity index (χ1v) is 10.1. The van der Waals surface area contributed by atoms with Crippen LogP contribution in [0.2, 0.25) is 0 Å². The molecule has 1 atom stereocenters. The first-order valence-electron chi connectivity index (χ1n) is 10.1. The summed E-state index contributed by atoms with van der Waals surface area (Å²) in [4.78, 5) is 34.1. The fourth-order valence-corrected chi connectivity index (χ4v) is 3.81. The number of rotatable bonds is 5. The Morgan fingerprint density at radius 3 is 2.31 bits per heavy atom. The molecule has 1 N–H and O–H groups in total. The Morgan fingerprint density at radius 2 is 1.69 bits per heavy atom. The third-order valence-corrected chi connectivity index (χ3v) is 5.42. The smallest absolute Gasteiger partial charge is 0.300 e. The first-order chi connectivity index (χ1) is 15.4. The Morgan fingerprint density at radius 1 is 1.00 bits per heavy atom. The van der Waals surface area contributed by atoms with Gasteiger partial charge in [0, 0.05) is 31.7 Å². The summed E-state index contributed by atoms with van der Waals surface area (Å²) in [7, 11) is 5.32. The third-order valence-electron chi connectivity index (χ3n) is 5.42. The number of aromatic nitrogens is 1. The molecule has 0 bridgehead atoms. The normalized spacial score (nSPS) is 17.5. The summed E-state index contributed by atoms with van der Waals surface area (Å²) >= 11 is 0. The number of aliphatic hydroxyl groups is 1. The van der Waals surface area contributed by atoms with E-state index in [1.165, 1.54) is 12.0 Å². The second-order valence-electron chi connectivity index (χ2n) is 7.53. The van der Waals surface area contributed by atoms with Gasteiger partial charge >= 0.3 is 0 Å². The summed E-state index contributed by atoms with van der Waals surface area (Å²) < 4.78 is 5.35. The van der Waals surface area contributed by atoms with Crippen LogP contribution in [0.4, 0.5) is 11.4 Å². The number of Topliss-reactive ketones (excluding diaryl/α,β-unsaturated/α-hetero) is 1. The molecule has 1 saturated heterocycles. The SMILES string of the molecule is COc1ccccc1/C(O)=C1/C(=O)C(=O)N(c2ccc(N(C)C)cc2)C1c1ccccn1. The summed E-state index contributed by atoms with van der Waals surface area (Å²) in [6.45, 7) is 0. The van der Waals surface area contributed by atoms with Gasteiger partial charge in [-0.3, -0.25) is 19.5 Å². The Kier molecular flexibility index (Phi) is 5.64. The van der Waals surface area contributed by atoms with Crippen molar-refractivity contribution in [3.05, 3.63) is 89.8 Å². The van der Waals surface area contributed by atoms with Gasteiger partial charge in [-0.15, -0.1) is 0 Å². The minimum Gasteiger partial charge on any atom is -0.507 e. The van der Waals surface area contributed by atoms with Crippen LogP contribution in [0, 0.1) is 0 Å². The molecule has 1 aliphatic rings. The van der Waals surface area contributed by atoms with Gasteiger partial charge in [-0.05, 0) is 48.5 Å². The van der Waals surface area contributed by atoms with E-state index in [0.29, 0.717) is 22.7 Å². The van der Waals surface area contributed by atoms with E-state index in [1.54, 1.807) is 60.8 Å². The van der Waals surface area contributed by atoms with Gasteiger partial charge in [0.05, 0.1) is 23.9 Å². The molecule has 0 saturated carbocycles. The van der Waals surface area contributed by atoms with Crippen LogP contribution in [0.25, 0.3) is 5.76 Å². The predicted octanol–water partition coefficient (Wildman–Crippen LogP) is 3.78. The Hall–Kier alpha value is -4.13. The molecule has 2 aromatic carbocycles.